The fourth-order valence-corrected chi connectivity index (χ4v) is 1.53. The van der Waals surface area contributed by atoms with Crippen LogP contribution < -0.4 is 0 Å². The zero-order valence-electron chi connectivity index (χ0n) is 5.87. The van der Waals surface area contributed by atoms with E-state index in [-0.39, 0.29) is 0 Å². The first kappa shape index (κ1) is 7.78. The van der Waals surface area contributed by atoms with Gasteiger partial charge in [0.15, 0.2) is 0 Å². The van der Waals surface area contributed by atoms with Crippen molar-refractivity contribution in [3.8, 4) is 6.07 Å². The lowest BCUT2D eigenvalue weighted by Crippen LogP contribution is -1.80. The van der Waals surface area contributed by atoms with Crippen LogP contribution in [0, 0.1) is 17.9 Å². The van der Waals surface area contributed by atoms with E-state index in [0.29, 0.717) is 6.54 Å². The van der Waals surface area contributed by atoms with Crippen molar-refractivity contribution in [3.63, 3.8) is 0 Å². The first-order chi connectivity index (χ1) is 5.36. The average Bonchev–Trinajstić information content (AvgIpc) is 2.48. The molecule has 0 N–H and O–H groups in total. The van der Waals surface area contributed by atoms with E-state index in [4.69, 9.17) is 11.8 Å². The molecule has 0 spiro atoms. The minimum Gasteiger partial charge on any atom is -0.317 e. The highest BCUT2D eigenvalue weighted by molar-refractivity contribution is 7.12. The molecule has 2 nitrogen and oxygen atoms in total. The van der Waals surface area contributed by atoms with Crippen molar-refractivity contribution in [3.05, 3.63) is 33.3 Å². The molecule has 0 unspecified atom stereocenters. The Bertz CT molecular complexity index is 314. The maximum atomic E-state index is 8.48. The molecule has 3 heteroatoms. The van der Waals surface area contributed by atoms with Gasteiger partial charge in [-0.25, -0.2) is 6.57 Å². The second-order valence-corrected chi connectivity index (χ2v) is 3.18. The van der Waals surface area contributed by atoms with Crippen molar-refractivity contribution in [2.45, 2.75) is 6.42 Å². The number of hydrogen-bond acceptors (Lipinski definition) is 2. The van der Waals surface area contributed by atoms with Crippen LogP contribution in [0.2, 0.25) is 0 Å². The Kier molecular flexibility index (Phi) is 2.66. The predicted molar refractivity (Wildman–Crippen MR) is 44.2 cm³/mol. The first-order valence-corrected chi connectivity index (χ1v) is 4.00. The zero-order valence-corrected chi connectivity index (χ0v) is 6.69. The summed E-state index contributed by atoms with van der Waals surface area (Å²) in [4.78, 5) is 5.09. The van der Waals surface area contributed by atoms with Gasteiger partial charge in [0.05, 0.1) is 6.42 Å². The van der Waals surface area contributed by atoms with Crippen molar-refractivity contribution in [1.82, 2.24) is 0 Å². The fraction of sp³-hybridized carbons (Fsp3) is 0.250. The van der Waals surface area contributed by atoms with Crippen molar-refractivity contribution < 1.29 is 0 Å². The lowest BCUT2D eigenvalue weighted by Gasteiger charge is -1.83. The summed E-state index contributed by atoms with van der Waals surface area (Å²) < 4.78 is 0. The van der Waals surface area contributed by atoms with Crippen LogP contribution in [0.4, 0.5) is 0 Å². The van der Waals surface area contributed by atoms with E-state index in [1.807, 2.05) is 6.07 Å². The maximum Gasteiger partial charge on any atom is 0.219 e. The molecule has 0 bridgehead atoms. The van der Waals surface area contributed by atoms with E-state index in [0.717, 1.165) is 16.2 Å². The summed E-state index contributed by atoms with van der Waals surface area (Å²) in [5, 5.41) is 8.48. The van der Waals surface area contributed by atoms with Crippen molar-refractivity contribution in [1.29, 1.82) is 5.26 Å². The number of nitriles is 1. The highest BCUT2D eigenvalue weighted by Gasteiger charge is 1.99. The Hall–Kier alpha value is -1.32. The summed E-state index contributed by atoms with van der Waals surface area (Å²) in [6, 6.07) is 5.77. The summed E-state index contributed by atoms with van der Waals surface area (Å²) >= 11 is 1.47. The lowest BCUT2D eigenvalue weighted by molar-refractivity contribution is 1.11. The van der Waals surface area contributed by atoms with Gasteiger partial charge in [0.25, 0.3) is 0 Å². The molecule has 0 saturated carbocycles. The molecule has 1 aromatic heterocycles. The van der Waals surface area contributed by atoms with E-state index >= 15 is 0 Å². The van der Waals surface area contributed by atoms with E-state index in [1.54, 1.807) is 6.07 Å². The van der Waals surface area contributed by atoms with Crippen LogP contribution in [0.1, 0.15) is 9.75 Å². The minimum atomic E-state index is 0.519. The van der Waals surface area contributed by atoms with Crippen molar-refractivity contribution >= 4 is 11.3 Å². The molecule has 0 aromatic carbocycles. The van der Waals surface area contributed by atoms with Crippen molar-refractivity contribution in [2.75, 3.05) is 6.54 Å². The monoisotopic (exact) mass is 162 g/mol. The third-order valence-corrected chi connectivity index (χ3v) is 2.29. The highest BCUT2D eigenvalue weighted by atomic mass is 32.1. The zero-order chi connectivity index (χ0) is 8.10. The van der Waals surface area contributed by atoms with Crippen LogP contribution in [0.25, 0.3) is 4.85 Å². The van der Waals surface area contributed by atoms with E-state index in [2.05, 4.69) is 10.9 Å². The molecule has 0 radical (unpaired) electrons. The Morgan fingerprint density at radius 3 is 3.00 bits per heavy atom. The van der Waals surface area contributed by atoms with E-state index in [9.17, 15) is 0 Å². The second-order valence-electron chi connectivity index (χ2n) is 2.01. The molecule has 0 atom stereocenters. The van der Waals surface area contributed by atoms with E-state index < -0.39 is 0 Å². The molecule has 0 fully saturated rings. The van der Waals surface area contributed by atoms with Gasteiger partial charge < -0.3 is 4.85 Å². The van der Waals surface area contributed by atoms with E-state index in [1.165, 1.54) is 11.3 Å². The number of rotatable bonds is 2. The predicted octanol–water partition coefficient (Wildman–Crippen LogP) is 2.08. The van der Waals surface area contributed by atoms with Gasteiger partial charge in [-0.05, 0) is 12.1 Å². The fourth-order valence-electron chi connectivity index (χ4n) is 0.738. The Balaban J connectivity index is 2.62. The van der Waals surface area contributed by atoms with Crippen LogP contribution in [0.3, 0.4) is 0 Å². The number of nitrogens with zero attached hydrogens (tertiary/aromatic N) is 2. The first-order valence-electron chi connectivity index (χ1n) is 3.19. The third-order valence-electron chi connectivity index (χ3n) is 1.24. The minimum absolute atomic E-state index is 0.519. The lowest BCUT2D eigenvalue weighted by atomic mass is 10.3. The smallest absolute Gasteiger partial charge is 0.219 e. The van der Waals surface area contributed by atoms with Crippen LogP contribution in [-0.4, -0.2) is 6.54 Å². The van der Waals surface area contributed by atoms with Crippen molar-refractivity contribution in [2.24, 2.45) is 0 Å². The molecule has 0 aliphatic rings. The molecular formula is C8H6N2S. The summed E-state index contributed by atoms with van der Waals surface area (Å²) in [6.07, 6.45) is 0.774. The van der Waals surface area contributed by atoms with Crippen LogP contribution in [0.15, 0.2) is 12.1 Å². The van der Waals surface area contributed by atoms with Gasteiger partial charge in [-0.1, -0.05) is 0 Å². The molecule has 0 saturated heterocycles. The van der Waals surface area contributed by atoms with Gasteiger partial charge in [-0.2, -0.15) is 5.26 Å². The molecule has 54 valence electrons. The number of hydrogen-bond donors (Lipinski definition) is 0. The maximum absolute atomic E-state index is 8.48. The van der Waals surface area contributed by atoms with Crippen LogP contribution >= 0.6 is 11.3 Å². The summed E-state index contributed by atoms with van der Waals surface area (Å²) in [7, 11) is 0. The summed E-state index contributed by atoms with van der Waals surface area (Å²) in [5.41, 5.74) is 0. The molecule has 1 rings (SSSR count). The summed E-state index contributed by atoms with van der Waals surface area (Å²) in [5.74, 6) is 0. The topological polar surface area (TPSA) is 28.1 Å². The van der Waals surface area contributed by atoms with Gasteiger partial charge in [0.2, 0.25) is 6.54 Å². The van der Waals surface area contributed by atoms with Gasteiger partial charge in [-0.15, -0.1) is 11.3 Å². The normalized spacial score (nSPS) is 8.55. The second kappa shape index (κ2) is 3.75. The molecular weight excluding hydrogens is 156 g/mol. The quantitative estimate of drug-likeness (QED) is 0.612. The molecule has 0 aliphatic carbocycles. The molecule has 1 aromatic rings. The third kappa shape index (κ3) is 2.07. The average molecular weight is 162 g/mol. The van der Waals surface area contributed by atoms with Crippen LogP contribution in [-0.2, 0) is 6.42 Å². The van der Waals surface area contributed by atoms with Gasteiger partial charge >= 0.3 is 0 Å². The van der Waals surface area contributed by atoms with Gasteiger partial charge in [0.1, 0.15) is 10.9 Å². The Morgan fingerprint density at radius 1 is 1.64 bits per heavy atom. The molecule has 0 amide bonds. The Labute approximate surface area is 69.5 Å². The molecule has 1 heterocycles. The standard InChI is InChI=1S/C8H6N2S/c1-10-5-4-7-2-3-8(6-9)11-7/h2-3H,4-5H2. The summed E-state index contributed by atoms with van der Waals surface area (Å²) in [6.45, 7) is 7.09. The van der Waals surface area contributed by atoms with Gasteiger partial charge in [-0.3, -0.25) is 0 Å². The Morgan fingerprint density at radius 2 is 2.45 bits per heavy atom. The highest BCUT2D eigenvalue weighted by Crippen LogP contribution is 2.15. The number of thiophene rings is 1. The molecule has 0 aliphatic heterocycles. The van der Waals surface area contributed by atoms with Crippen LogP contribution in [0.5, 0.6) is 0 Å². The van der Waals surface area contributed by atoms with Gasteiger partial charge in [0, 0.05) is 4.88 Å². The largest absolute Gasteiger partial charge is 0.317 e. The SMILES string of the molecule is [C-]#[N+]CCc1ccc(C#N)s1. The molecule has 11 heavy (non-hydrogen) atoms.